The molecule has 0 unspecified atom stereocenters. The Morgan fingerprint density at radius 2 is 1.71 bits per heavy atom. The van der Waals surface area contributed by atoms with Crippen LogP contribution >= 0.6 is 0 Å². The molecule has 0 spiro atoms. The molecule has 0 radical (unpaired) electrons. The second-order valence-electron chi connectivity index (χ2n) is 8.58. The Labute approximate surface area is 146 Å². The van der Waals surface area contributed by atoms with Crippen molar-refractivity contribution < 1.29 is 14.3 Å². The summed E-state index contributed by atoms with van der Waals surface area (Å²) >= 11 is 0. The Morgan fingerprint density at radius 1 is 1.08 bits per heavy atom. The molecule has 24 heavy (non-hydrogen) atoms. The summed E-state index contributed by atoms with van der Waals surface area (Å²) in [6, 6.07) is 9.98. The van der Waals surface area contributed by atoms with Gasteiger partial charge in [-0.3, -0.25) is 4.79 Å². The normalized spacial score (nSPS) is 22.7. The van der Waals surface area contributed by atoms with E-state index in [4.69, 9.17) is 9.47 Å². The van der Waals surface area contributed by atoms with E-state index in [1.807, 2.05) is 39.0 Å². The summed E-state index contributed by atoms with van der Waals surface area (Å²) in [5.41, 5.74) is 0.854. The Morgan fingerprint density at radius 3 is 2.25 bits per heavy atom. The van der Waals surface area contributed by atoms with E-state index in [2.05, 4.69) is 37.8 Å². The second-order valence-corrected chi connectivity index (χ2v) is 8.58. The first-order valence-corrected chi connectivity index (χ1v) is 8.72. The molecule has 0 aliphatic carbocycles. The molecule has 1 aromatic carbocycles. The van der Waals surface area contributed by atoms with Crippen molar-refractivity contribution in [2.75, 3.05) is 6.61 Å². The summed E-state index contributed by atoms with van der Waals surface area (Å²) in [6.07, 6.45) is 0.431. The number of hydrogen-bond donors (Lipinski definition) is 0. The number of carbonyl (C=O) groups excluding carboxylic acids is 1. The molecule has 0 N–H and O–H groups in total. The maximum absolute atomic E-state index is 12.5. The fourth-order valence-electron chi connectivity index (χ4n) is 2.98. The van der Waals surface area contributed by atoms with E-state index in [0.29, 0.717) is 19.6 Å². The van der Waals surface area contributed by atoms with Crippen LogP contribution in [0.2, 0.25) is 0 Å². The molecule has 4 heteroatoms. The van der Waals surface area contributed by atoms with Crippen LogP contribution in [0.1, 0.15) is 53.5 Å². The topological polar surface area (TPSA) is 38.8 Å². The highest BCUT2D eigenvalue weighted by Crippen LogP contribution is 2.34. The van der Waals surface area contributed by atoms with Crippen molar-refractivity contribution >= 4 is 5.97 Å². The molecule has 1 aliphatic rings. The van der Waals surface area contributed by atoms with E-state index < -0.39 is 0 Å². The van der Waals surface area contributed by atoms with Gasteiger partial charge in [0, 0.05) is 18.6 Å². The molecule has 0 aromatic heterocycles. The van der Waals surface area contributed by atoms with Gasteiger partial charge in [-0.2, -0.15) is 0 Å². The third-order valence-corrected chi connectivity index (χ3v) is 4.08. The summed E-state index contributed by atoms with van der Waals surface area (Å²) in [7, 11) is 0. The van der Waals surface area contributed by atoms with E-state index in [-0.39, 0.29) is 29.3 Å². The van der Waals surface area contributed by atoms with Gasteiger partial charge in [0.2, 0.25) is 0 Å². The summed E-state index contributed by atoms with van der Waals surface area (Å²) < 4.78 is 11.6. The molecule has 0 saturated carbocycles. The van der Waals surface area contributed by atoms with Crippen molar-refractivity contribution in [1.82, 2.24) is 4.90 Å². The van der Waals surface area contributed by atoms with E-state index >= 15 is 0 Å². The van der Waals surface area contributed by atoms with Crippen molar-refractivity contribution in [3.63, 3.8) is 0 Å². The second kappa shape index (κ2) is 7.24. The Balaban J connectivity index is 2.14. The van der Waals surface area contributed by atoms with Gasteiger partial charge in [0.15, 0.2) is 6.23 Å². The molecule has 2 atom stereocenters. The fraction of sp³-hybridized carbons (Fsp3) is 0.650. The van der Waals surface area contributed by atoms with Crippen molar-refractivity contribution in [1.29, 1.82) is 0 Å². The molecule has 1 saturated heterocycles. The quantitative estimate of drug-likeness (QED) is 0.764. The van der Waals surface area contributed by atoms with Gasteiger partial charge in [0.25, 0.3) is 0 Å². The Bertz CT molecular complexity index is 542. The van der Waals surface area contributed by atoms with E-state index in [9.17, 15) is 4.79 Å². The van der Waals surface area contributed by atoms with E-state index in [1.54, 1.807) is 0 Å². The summed E-state index contributed by atoms with van der Waals surface area (Å²) in [5.74, 6) is -0.136. The lowest BCUT2D eigenvalue weighted by Gasteiger charge is -2.34. The van der Waals surface area contributed by atoms with Gasteiger partial charge in [0.05, 0.1) is 5.60 Å². The predicted octanol–water partition coefficient (Wildman–Crippen LogP) is 3.99. The van der Waals surface area contributed by atoms with Crippen molar-refractivity contribution in [3.8, 4) is 0 Å². The lowest BCUT2D eigenvalue weighted by atomic mass is 9.92. The third kappa shape index (κ3) is 5.05. The molecule has 0 amide bonds. The molecule has 0 bridgehead atoms. The van der Waals surface area contributed by atoms with Gasteiger partial charge in [-0.25, -0.2) is 4.90 Å². The van der Waals surface area contributed by atoms with Crippen LogP contribution in [-0.2, 0) is 20.8 Å². The first kappa shape index (κ1) is 18.9. The van der Waals surface area contributed by atoms with Crippen molar-refractivity contribution in [3.05, 3.63) is 35.9 Å². The van der Waals surface area contributed by atoms with Gasteiger partial charge < -0.3 is 9.47 Å². The highest BCUT2D eigenvalue weighted by atomic mass is 16.6. The van der Waals surface area contributed by atoms with E-state index in [1.165, 1.54) is 5.56 Å². The first-order valence-electron chi connectivity index (χ1n) is 8.72. The summed E-state index contributed by atoms with van der Waals surface area (Å²) in [6.45, 7) is 13.7. The highest BCUT2D eigenvalue weighted by molar-refractivity contribution is 5.78. The number of ether oxygens (including phenoxy) is 2. The molecule has 2 rings (SSSR count). The van der Waals surface area contributed by atoms with Crippen LogP contribution in [0.25, 0.3) is 0 Å². The Kier molecular flexibility index (Phi) is 5.71. The smallest absolute Gasteiger partial charge is 0.325 e. The first-order chi connectivity index (χ1) is 11.1. The summed E-state index contributed by atoms with van der Waals surface area (Å²) in [5, 5.41) is 0. The number of cyclic esters (lactones) is 1. The van der Waals surface area contributed by atoms with Gasteiger partial charge in [-0.05, 0) is 32.8 Å². The molecule has 1 heterocycles. The maximum Gasteiger partial charge on any atom is 0.325 e. The van der Waals surface area contributed by atoms with Crippen LogP contribution < -0.4 is 0 Å². The number of nitrogens with zero attached hydrogens (tertiary/aromatic N) is 1. The van der Waals surface area contributed by atoms with Crippen LogP contribution in [0.15, 0.2) is 30.3 Å². The van der Waals surface area contributed by atoms with Crippen molar-refractivity contribution in [2.24, 2.45) is 5.41 Å². The zero-order chi connectivity index (χ0) is 18.0. The molecular formula is C20H31NO3. The number of benzene rings is 1. The maximum atomic E-state index is 12.5. The monoisotopic (exact) mass is 333 g/mol. The molecule has 1 aromatic rings. The highest BCUT2D eigenvalue weighted by Gasteiger charge is 2.47. The van der Waals surface area contributed by atoms with Crippen LogP contribution in [-0.4, -0.2) is 35.3 Å². The number of hydrogen-bond acceptors (Lipinski definition) is 4. The van der Waals surface area contributed by atoms with Crippen LogP contribution in [0.3, 0.4) is 0 Å². The molecule has 4 nitrogen and oxygen atoms in total. The lowest BCUT2D eigenvalue weighted by Crippen LogP contribution is -2.44. The minimum Gasteiger partial charge on any atom is -0.445 e. The van der Waals surface area contributed by atoms with Crippen LogP contribution in [0.5, 0.6) is 0 Å². The number of carbonyl (C=O) groups is 1. The van der Waals surface area contributed by atoms with Gasteiger partial charge in [-0.1, -0.05) is 51.1 Å². The molecular weight excluding hydrogens is 302 g/mol. The number of esters is 1. The minimum atomic E-state index is -0.253. The molecule has 1 aliphatic heterocycles. The zero-order valence-corrected chi connectivity index (χ0v) is 15.8. The van der Waals surface area contributed by atoms with Crippen LogP contribution in [0, 0.1) is 5.41 Å². The molecule has 134 valence electrons. The zero-order valence-electron chi connectivity index (χ0n) is 15.8. The average Bonchev–Trinajstić information content (AvgIpc) is 2.76. The minimum absolute atomic E-state index is 0.135. The third-order valence-electron chi connectivity index (χ3n) is 4.08. The largest absolute Gasteiger partial charge is 0.445 e. The lowest BCUT2D eigenvalue weighted by molar-refractivity contribution is -0.148. The standard InChI is InChI=1S/C20H31NO3/c1-19(2,3)18-21(14-15-10-8-7-9-11-15)16(17(22)24-18)12-13-23-20(4,5)6/h7-11,16,18H,12-14H2,1-6H3/t16-,18+/m1/s1. The predicted molar refractivity (Wildman–Crippen MR) is 95.4 cm³/mol. The fourth-order valence-corrected chi connectivity index (χ4v) is 2.98. The van der Waals surface area contributed by atoms with Gasteiger partial charge in [-0.15, -0.1) is 0 Å². The van der Waals surface area contributed by atoms with Crippen molar-refractivity contribution in [2.45, 2.75) is 72.4 Å². The molecule has 1 fully saturated rings. The van der Waals surface area contributed by atoms with Gasteiger partial charge in [0.1, 0.15) is 6.04 Å². The van der Waals surface area contributed by atoms with E-state index in [0.717, 1.165) is 0 Å². The van der Waals surface area contributed by atoms with Crippen LogP contribution in [0.4, 0.5) is 0 Å². The summed E-state index contributed by atoms with van der Waals surface area (Å²) in [4.78, 5) is 14.7. The average molecular weight is 333 g/mol. The SMILES string of the molecule is CC(C)(C)OCC[C@@H]1C(=O)O[C@@H](C(C)(C)C)N1Cc1ccccc1. The number of rotatable bonds is 5. The van der Waals surface area contributed by atoms with Gasteiger partial charge >= 0.3 is 5.97 Å². The Hall–Kier alpha value is -1.39.